The Labute approximate surface area is 151 Å². The van der Waals surface area contributed by atoms with E-state index >= 15 is 0 Å². The first-order valence-electron chi connectivity index (χ1n) is 8.91. The number of rotatable bonds is 6. The Morgan fingerprint density at radius 2 is 1.88 bits per heavy atom. The van der Waals surface area contributed by atoms with Gasteiger partial charge in [-0.15, -0.1) is 0 Å². The van der Waals surface area contributed by atoms with Crippen molar-refractivity contribution in [1.82, 2.24) is 15.1 Å². The van der Waals surface area contributed by atoms with E-state index in [4.69, 9.17) is 0 Å². The van der Waals surface area contributed by atoms with Crippen molar-refractivity contribution in [2.45, 2.75) is 44.6 Å². The van der Waals surface area contributed by atoms with Gasteiger partial charge in [0.25, 0.3) is 5.91 Å². The number of carboxylic acid groups (broad SMARTS) is 1. The molecule has 0 aliphatic heterocycles. The van der Waals surface area contributed by atoms with Crippen LogP contribution in [0.2, 0.25) is 0 Å². The van der Waals surface area contributed by atoms with Crippen LogP contribution in [0.25, 0.3) is 5.69 Å². The van der Waals surface area contributed by atoms with Crippen LogP contribution in [0.3, 0.4) is 0 Å². The molecule has 0 spiro atoms. The molecule has 3 N–H and O–H groups in total. The first-order valence-corrected chi connectivity index (χ1v) is 8.91. The molecule has 2 aromatic rings. The Hall–Kier alpha value is -2.83. The molecule has 0 radical (unpaired) electrons. The number of para-hydroxylation sites is 1. The topological polar surface area (TPSA) is 104 Å². The van der Waals surface area contributed by atoms with Gasteiger partial charge in [0.2, 0.25) is 5.88 Å². The van der Waals surface area contributed by atoms with Crippen LogP contribution in [0, 0.1) is 5.92 Å². The smallest absolute Gasteiger partial charge is 0.305 e. The Kier molecular flexibility index (Phi) is 5.55. The molecule has 1 unspecified atom stereocenters. The van der Waals surface area contributed by atoms with Crippen molar-refractivity contribution in [3.63, 3.8) is 0 Å². The maximum Gasteiger partial charge on any atom is 0.305 e. The zero-order valence-electron chi connectivity index (χ0n) is 14.5. The summed E-state index contributed by atoms with van der Waals surface area (Å²) >= 11 is 0. The molecule has 0 bridgehead atoms. The van der Waals surface area contributed by atoms with Crippen molar-refractivity contribution < 1.29 is 19.8 Å². The van der Waals surface area contributed by atoms with Crippen LogP contribution < -0.4 is 5.32 Å². The van der Waals surface area contributed by atoms with Gasteiger partial charge in [-0.2, -0.15) is 5.10 Å². The zero-order valence-corrected chi connectivity index (χ0v) is 14.5. The molecule has 26 heavy (non-hydrogen) atoms. The van der Waals surface area contributed by atoms with Crippen LogP contribution in [0.5, 0.6) is 5.88 Å². The molecular weight excluding hydrogens is 334 g/mol. The van der Waals surface area contributed by atoms with E-state index in [1.165, 1.54) is 10.7 Å². The van der Waals surface area contributed by atoms with E-state index in [1.54, 1.807) is 12.1 Å². The standard InChI is InChI=1S/C19H23N3O4/c23-17-11-16(21-22(17)14-9-5-2-6-10-14)19(26)20-15(12-18(24)25)13-7-3-1-4-8-13/h2,5-6,9-11,13,15,23H,1,3-4,7-8,12H2,(H,20,26)(H,24,25). The largest absolute Gasteiger partial charge is 0.493 e. The Morgan fingerprint density at radius 1 is 1.19 bits per heavy atom. The second-order valence-corrected chi connectivity index (χ2v) is 6.71. The predicted molar refractivity (Wildman–Crippen MR) is 95.3 cm³/mol. The Bertz CT molecular complexity index is 766. The van der Waals surface area contributed by atoms with Crippen LogP contribution >= 0.6 is 0 Å². The average Bonchev–Trinajstić information content (AvgIpc) is 3.04. The minimum atomic E-state index is -0.932. The molecule has 0 saturated heterocycles. The number of hydrogen-bond donors (Lipinski definition) is 3. The molecule has 1 atom stereocenters. The summed E-state index contributed by atoms with van der Waals surface area (Å²) in [5.74, 6) is -1.38. The summed E-state index contributed by atoms with van der Waals surface area (Å²) in [5, 5.41) is 26.3. The van der Waals surface area contributed by atoms with Crippen LogP contribution in [0.15, 0.2) is 36.4 Å². The number of benzene rings is 1. The quantitative estimate of drug-likeness (QED) is 0.737. The van der Waals surface area contributed by atoms with Gasteiger partial charge in [-0.25, -0.2) is 4.68 Å². The fraction of sp³-hybridized carbons (Fsp3) is 0.421. The number of hydrogen-bond acceptors (Lipinski definition) is 4. The molecule has 1 heterocycles. The molecule has 1 fully saturated rings. The first-order chi connectivity index (χ1) is 12.5. The number of carbonyl (C=O) groups is 2. The molecule has 1 aromatic heterocycles. The van der Waals surface area contributed by atoms with Crippen LogP contribution in [0.4, 0.5) is 0 Å². The summed E-state index contributed by atoms with van der Waals surface area (Å²) in [6, 6.07) is 9.86. The Morgan fingerprint density at radius 3 is 2.54 bits per heavy atom. The summed E-state index contributed by atoms with van der Waals surface area (Å²) in [4.78, 5) is 23.8. The number of carboxylic acids is 1. The highest BCUT2D eigenvalue weighted by Gasteiger charge is 2.28. The van der Waals surface area contributed by atoms with Crippen molar-refractivity contribution in [3.8, 4) is 11.6 Å². The van der Waals surface area contributed by atoms with Crippen LogP contribution in [-0.2, 0) is 4.79 Å². The van der Waals surface area contributed by atoms with Gasteiger partial charge in [0.1, 0.15) is 0 Å². The van der Waals surface area contributed by atoms with Crippen molar-refractivity contribution >= 4 is 11.9 Å². The maximum absolute atomic E-state index is 12.6. The highest BCUT2D eigenvalue weighted by Crippen LogP contribution is 2.28. The fourth-order valence-corrected chi connectivity index (χ4v) is 3.54. The third kappa shape index (κ3) is 4.22. The number of nitrogens with one attached hydrogen (secondary N) is 1. The number of nitrogens with zero attached hydrogens (tertiary/aromatic N) is 2. The van der Waals surface area contributed by atoms with Gasteiger partial charge in [0, 0.05) is 12.1 Å². The van der Waals surface area contributed by atoms with Crippen molar-refractivity contribution in [3.05, 3.63) is 42.1 Å². The molecule has 3 rings (SSSR count). The zero-order chi connectivity index (χ0) is 18.5. The van der Waals surface area contributed by atoms with E-state index in [2.05, 4.69) is 10.4 Å². The molecular formula is C19H23N3O4. The Balaban J connectivity index is 1.76. The van der Waals surface area contributed by atoms with Gasteiger partial charge in [-0.05, 0) is 30.9 Å². The third-order valence-electron chi connectivity index (χ3n) is 4.85. The van der Waals surface area contributed by atoms with E-state index in [-0.39, 0.29) is 23.9 Å². The molecule has 1 aliphatic carbocycles. The van der Waals surface area contributed by atoms with Crippen molar-refractivity contribution in [1.29, 1.82) is 0 Å². The van der Waals surface area contributed by atoms with Gasteiger partial charge in [-0.1, -0.05) is 37.5 Å². The molecule has 7 nitrogen and oxygen atoms in total. The summed E-state index contributed by atoms with van der Waals surface area (Å²) < 4.78 is 1.28. The van der Waals surface area contributed by atoms with Gasteiger partial charge in [0.05, 0.1) is 12.1 Å². The lowest BCUT2D eigenvalue weighted by Gasteiger charge is -2.29. The number of aromatic nitrogens is 2. The summed E-state index contributed by atoms with van der Waals surface area (Å²) in [6.45, 7) is 0. The number of aromatic hydroxyl groups is 1. The number of amides is 1. The molecule has 1 aliphatic rings. The van der Waals surface area contributed by atoms with E-state index in [1.807, 2.05) is 18.2 Å². The molecule has 1 aromatic carbocycles. The molecule has 7 heteroatoms. The monoisotopic (exact) mass is 357 g/mol. The second-order valence-electron chi connectivity index (χ2n) is 6.71. The van der Waals surface area contributed by atoms with Crippen molar-refractivity contribution in [2.75, 3.05) is 0 Å². The lowest BCUT2D eigenvalue weighted by atomic mass is 9.82. The highest BCUT2D eigenvalue weighted by molar-refractivity contribution is 5.93. The lowest BCUT2D eigenvalue weighted by molar-refractivity contribution is -0.137. The van der Waals surface area contributed by atoms with Gasteiger partial charge in [-0.3, -0.25) is 9.59 Å². The highest BCUT2D eigenvalue weighted by atomic mass is 16.4. The van der Waals surface area contributed by atoms with E-state index < -0.39 is 17.9 Å². The van der Waals surface area contributed by atoms with Gasteiger partial charge < -0.3 is 15.5 Å². The predicted octanol–water partition coefficient (Wildman–Crippen LogP) is 2.73. The molecule has 1 saturated carbocycles. The summed E-state index contributed by atoms with van der Waals surface area (Å²) in [7, 11) is 0. The van der Waals surface area contributed by atoms with E-state index in [0.29, 0.717) is 5.69 Å². The van der Waals surface area contributed by atoms with Gasteiger partial charge in [0.15, 0.2) is 5.69 Å². The number of carbonyl (C=O) groups excluding carboxylic acids is 1. The molecule has 1 amide bonds. The maximum atomic E-state index is 12.6. The average molecular weight is 357 g/mol. The van der Waals surface area contributed by atoms with Gasteiger partial charge >= 0.3 is 5.97 Å². The fourth-order valence-electron chi connectivity index (χ4n) is 3.54. The minimum Gasteiger partial charge on any atom is -0.493 e. The first kappa shape index (κ1) is 18.0. The van der Waals surface area contributed by atoms with Crippen LogP contribution in [-0.4, -0.2) is 37.9 Å². The van der Waals surface area contributed by atoms with E-state index in [0.717, 1.165) is 32.1 Å². The third-order valence-corrected chi connectivity index (χ3v) is 4.85. The molecule has 138 valence electrons. The lowest BCUT2D eigenvalue weighted by Crippen LogP contribution is -2.42. The van der Waals surface area contributed by atoms with Crippen LogP contribution in [0.1, 0.15) is 49.0 Å². The number of aliphatic carboxylic acids is 1. The minimum absolute atomic E-state index is 0.0672. The summed E-state index contributed by atoms with van der Waals surface area (Å²) in [6.07, 6.45) is 4.99. The van der Waals surface area contributed by atoms with E-state index in [9.17, 15) is 19.8 Å². The second kappa shape index (κ2) is 8.03. The summed E-state index contributed by atoms with van der Waals surface area (Å²) in [5.41, 5.74) is 0.705. The SMILES string of the molecule is O=C(O)CC(NC(=O)c1cc(O)n(-c2ccccc2)n1)C1CCCCC1. The normalized spacial score (nSPS) is 16.2. The van der Waals surface area contributed by atoms with Crippen molar-refractivity contribution in [2.24, 2.45) is 5.92 Å².